The van der Waals surface area contributed by atoms with Gasteiger partial charge in [-0.05, 0) is 31.2 Å². The number of carbonyl (C=O) groups excluding carboxylic acids is 1. The zero-order chi connectivity index (χ0) is 20.9. The van der Waals surface area contributed by atoms with Gasteiger partial charge in [0.2, 0.25) is 0 Å². The SMILES string of the molecule is Cc1ccc(C(CNC(=O)N2CCN(c3ccccc3F)CC2)N2CCOCC2)o1. The van der Waals surface area contributed by atoms with E-state index in [1.165, 1.54) is 6.07 Å². The molecule has 1 aromatic carbocycles. The molecule has 0 saturated carbocycles. The standard InChI is InChI=1S/C22H29FN4O3/c1-17-6-7-21(30-17)20(26-12-14-29-15-13-26)16-24-22(28)27-10-8-25(9-11-27)19-5-3-2-4-18(19)23/h2-7,20H,8-16H2,1H3,(H,24,28). The van der Waals surface area contributed by atoms with Crippen LogP contribution in [-0.2, 0) is 4.74 Å². The first kappa shape index (κ1) is 20.7. The lowest BCUT2D eigenvalue weighted by Gasteiger charge is -2.37. The van der Waals surface area contributed by atoms with Crippen LogP contribution in [0.3, 0.4) is 0 Å². The monoisotopic (exact) mass is 416 g/mol. The van der Waals surface area contributed by atoms with Crippen LogP contribution in [0.2, 0.25) is 0 Å². The van der Waals surface area contributed by atoms with E-state index >= 15 is 0 Å². The Hall–Kier alpha value is -2.58. The lowest BCUT2D eigenvalue weighted by Crippen LogP contribution is -2.53. The van der Waals surface area contributed by atoms with Crippen molar-refractivity contribution in [2.45, 2.75) is 13.0 Å². The molecule has 1 aromatic heterocycles. The molecule has 1 N–H and O–H groups in total. The van der Waals surface area contributed by atoms with E-state index < -0.39 is 0 Å². The fourth-order valence-electron chi connectivity index (χ4n) is 4.09. The first-order chi connectivity index (χ1) is 14.6. The number of carbonyl (C=O) groups is 1. The van der Waals surface area contributed by atoms with E-state index in [9.17, 15) is 9.18 Å². The third kappa shape index (κ3) is 4.76. The number of hydrogen-bond acceptors (Lipinski definition) is 5. The minimum atomic E-state index is -0.225. The van der Waals surface area contributed by atoms with Crippen LogP contribution < -0.4 is 10.2 Å². The summed E-state index contributed by atoms with van der Waals surface area (Å²) in [5.41, 5.74) is 0.595. The van der Waals surface area contributed by atoms with Gasteiger partial charge in [0.05, 0.1) is 24.9 Å². The van der Waals surface area contributed by atoms with Gasteiger partial charge in [0, 0.05) is 45.8 Å². The fraction of sp³-hybridized carbons (Fsp3) is 0.500. The molecule has 162 valence electrons. The van der Waals surface area contributed by atoms with Crippen LogP contribution in [0.1, 0.15) is 17.6 Å². The average molecular weight is 416 g/mol. The molecule has 0 aliphatic carbocycles. The van der Waals surface area contributed by atoms with Gasteiger partial charge < -0.3 is 24.3 Å². The number of morpholine rings is 1. The molecular weight excluding hydrogens is 387 g/mol. The Morgan fingerprint density at radius 2 is 1.80 bits per heavy atom. The Morgan fingerprint density at radius 3 is 2.47 bits per heavy atom. The van der Waals surface area contributed by atoms with E-state index in [4.69, 9.17) is 9.15 Å². The molecule has 3 heterocycles. The Labute approximate surface area is 176 Å². The van der Waals surface area contributed by atoms with Crippen molar-refractivity contribution in [2.24, 2.45) is 0 Å². The molecule has 0 spiro atoms. The number of para-hydroxylation sites is 1. The fourth-order valence-corrected chi connectivity index (χ4v) is 4.09. The van der Waals surface area contributed by atoms with Gasteiger partial charge >= 0.3 is 6.03 Å². The number of piperazine rings is 1. The number of halogens is 1. The number of nitrogens with one attached hydrogen (secondary N) is 1. The Kier molecular flexibility index (Phi) is 6.54. The van der Waals surface area contributed by atoms with Gasteiger partial charge in [-0.3, -0.25) is 4.90 Å². The third-order valence-electron chi connectivity index (χ3n) is 5.78. The second kappa shape index (κ2) is 9.49. The molecule has 4 rings (SSSR count). The third-order valence-corrected chi connectivity index (χ3v) is 5.78. The number of amides is 2. The smallest absolute Gasteiger partial charge is 0.317 e. The van der Waals surface area contributed by atoms with Crippen LogP contribution in [0, 0.1) is 12.7 Å². The molecule has 2 aliphatic heterocycles. The van der Waals surface area contributed by atoms with Crippen LogP contribution in [0.15, 0.2) is 40.8 Å². The summed E-state index contributed by atoms with van der Waals surface area (Å²) in [4.78, 5) is 18.9. The largest absolute Gasteiger partial charge is 0.465 e. The number of anilines is 1. The Bertz CT molecular complexity index is 844. The van der Waals surface area contributed by atoms with Crippen molar-refractivity contribution in [3.8, 4) is 0 Å². The van der Waals surface area contributed by atoms with Gasteiger partial charge in [0.25, 0.3) is 0 Å². The van der Waals surface area contributed by atoms with E-state index in [0.717, 1.165) is 24.6 Å². The predicted molar refractivity (Wildman–Crippen MR) is 112 cm³/mol. The van der Waals surface area contributed by atoms with Crippen molar-refractivity contribution < 1.29 is 18.3 Å². The molecular formula is C22H29FN4O3. The minimum absolute atomic E-state index is 0.0220. The number of furan rings is 1. The second-order valence-corrected chi connectivity index (χ2v) is 7.72. The van der Waals surface area contributed by atoms with Gasteiger partial charge in [0.15, 0.2) is 0 Å². The highest BCUT2D eigenvalue weighted by Crippen LogP contribution is 2.24. The van der Waals surface area contributed by atoms with Crippen molar-refractivity contribution in [1.29, 1.82) is 0 Å². The lowest BCUT2D eigenvalue weighted by atomic mass is 10.1. The average Bonchev–Trinajstić information content (AvgIpc) is 3.21. The van der Waals surface area contributed by atoms with Crippen LogP contribution in [0.25, 0.3) is 0 Å². The van der Waals surface area contributed by atoms with E-state index in [-0.39, 0.29) is 17.9 Å². The highest BCUT2D eigenvalue weighted by Gasteiger charge is 2.28. The summed E-state index contributed by atoms with van der Waals surface area (Å²) >= 11 is 0. The van der Waals surface area contributed by atoms with Crippen LogP contribution in [0.4, 0.5) is 14.9 Å². The molecule has 1 unspecified atom stereocenters. The van der Waals surface area contributed by atoms with Crippen LogP contribution in [0.5, 0.6) is 0 Å². The quantitative estimate of drug-likeness (QED) is 0.812. The predicted octanol–water partition coefficient (Wildman–Crippen LogP) is 2.63. The van der Waals surface area contributed by atoms with Crippen molar-refractivity contribution in [2.75, 3.05) is 63.9 Å². The molecule has 2 fully saturated rings. The Morgan fingerprint density at radius 1 is 1.07 bits per heavy atom. The number of benzene rings is 1. The summed E-state index contributed by atoms with van der Waals surface area (Å²) in [7, 11) is 0. The molecule has 0 bridgehead atoms. The molecule has 2 amide bonds. The van der Waals surface area contributed by atoms with Crippen LogP contribution >= 0.6 is 0 Å². The maximum Gasteiger partial charge on any atom is 0.317 e. The maximum absolute atomic E-state index is 14.0. The van der Waals surface area contributed by atoms with Crippen molar-refractivity contribution in [3.63, 3.8) is 0 Å². The van der Waals surface area contributed by atoms with E-state index in [1.807, 2.05) is 30.0 Å². The molecule has 2 aliphatic rings. The number of rotatable bonds is 5. The summed E-state index contributed by atoms with van der Waals surface area (Å²) in [6.45, 7) is 7.71. The highest BCUT2D eigenvalue weighted by atomic mass is 19.1. The zero-order valence-electron chi connectivity index (χ0n) is 17.3. The summed E-state index contributed by atoms with van der Waals surface area (Å²) in [6, 6.07) is 10.6. The number of nitrogens with zero attached hydrogens (tertiary/aromatic N) is 3. The molecule has 1 atom stereocenters. The summed E-state index contributed by atoms with van der Waals surface area (Å²) in [5, 5.41) is 3.08. The van der Waals surface area contributed by atoms with E-state index in [1.54, 1.807) is 17.0 Å². The van der Waals surface area contributed by atoms with E-state index in [2.05, 4.69) is 10.2 Å². The zero-order valence-corrected chi connectivity index (χ0v) is 17.3. The van der Waals surface area contributed by atoms with Gasteiger partial charge in [-0.1, -0.05) is 12.1 Å². The highest BCUT2D eigenvalue weighted by molar-refractivity contribution is 5.74. The number of hydrogen-bond donors (Lipinski definition) is 1. The normalized spacial score (nSPS) is 19.0. The first-order valence-corrected chi connectivity index (χ1v) is 10.5. The number of urea groups is 1. The van der Waals surface area contributed by atoms with Gasteiger partial charge in [-0.15, -0.1) is 0 Å². The minimum Gasteiger partial charge on any atom is -0.465 e. The second-order valence-electron chi connectivity index (χ2n) is 7.72. The molecule has 8 heteroatoms. The Balaban J connectivity index is 1.33. The van der Waals surface area contributed by atoms with Crippen LogP contribution in [-0.4, -0.2) is 74.9 Å². The molecule has 7 nitrogen and oxygen atoms in total. The molecule has 2 aromatic rings. The van der Waals surface area contributed by atoms with Gasteiger partial charge in [-0.25, -0.2) is 9.18 Å². The number of aryl methyl sites for hydroxylation is 1. The summed E-state index contributed by atoms with van der Waals surface area (Å²) in [5.74, 6) is 1.50. The van der Waals surface area contributed by atoms with Gasteiger partial charge in [-0.2, -0.15) is 0 Å². The number of ether oxygens (including phenoxy) is 1. The van der Waals surface area contributed by atoms with Gasteiger partial charge in [0.1, 0.15) is 17.3 Å². The lowest BCUT2D eigenvalue weighted by molar-refractivity contribution is 0.0119. The molecule has 2 saturated heterocycles. The summed E-state index contributed by atoms with van der Waals surface area (Å²) < 4.78 is 25.4. The van der Waals surface area contributed by atoms with Crippen molar-refractivity contribution in [3.05, 3.63) is 53.7 Å². The van der Waals surface area contributed by atoms with Crippen molar-refractivity contribution in [1.82, 2.24) is 15.1 Å². The maximum atomic E-state index is 14.0. The van der Waals surface area contributed by atoms with E-state index in [0.29, 0.717) is 51.6 Å². The first-order valence-electron chi connectivity index (χ1n) is 10.5. The molecule has 30 heavy (non-hydrogen) atoms. The summed E-state index contributed by atoms with van der Waals surface area (Å²) in [6.07, 6.45) is 0. The molecule has 0 radical (unpaired) electrons. The topological polar surface area (TPSA) is 61.2 Å². The van der Waals surface area contributed by atoms with Crippen molar-refractivity contribution >= 4 is 11.7 Å².